The standard InChI is InChI=1S/C23H34N4O2S/c1-17(27-12-9-22-19(16-27)10-13-30-22)15-25-23(24-2)26(3)11-8-18-6-7-20(28-4)21(14-18)29-5/h6-7,10,13-14,17H,8-9,11-12,15-16H2,1-5H3,(H,24,25). The monoisotopic (exact) mass is 430 g/mol. The molecule has 2 aromatic rings. The number of aliphatic imine (C=N–C) groups is 1. The van der Waals surface area contributed by atoms with Crippen LogP contribution in [0.3, 0.4) is 0 Å². The molecule has 1 aliphatic rings. The van der Waals surface area contributed by atoms with Crippen LogP contribution >= 0.6 is 11.3 Å². The quantitative estimate of drug-likeness (QED) is 0.515. The molecule has 1 unspecified atom stereocenters. The van der Waals surface area contributed by atoms with Gasteiger partial charge in [0.15, 0.2) is 17.5 Å². The van der Waals surface area contributed by atoms with E-state index in [9.17, 15) is 0 Å². The van der Waals surface area contributed by atoms with Gasteiger partial charge in [-0.3, -0.25) is 9.89 Å². The highest BCUT2D eigenvalue weighted by atomic mass is 32.1. The Bertz CT molecular complexity index is 851. The lowest BCUT2D eigenvalue weighted by Gasteiger charge is -2.33. The van der Waals surface area contributed by atoms with E-state index in [-0.39, 0.29) is 0 Å². The maximum Gasteiger partial charge on any atom is 0.193 e. The first-order chi connectivity index (χ1) is 14.5. The number of nitrogens with zero attached hydrogens (tertiary/aromatic N) is 3. The number of hydrogen-bond donors (Lipinski definition) is 1. The van der Waals surface area contributed by atoms with Crippen molar-refractivity contribution in [2.24, 2.45) is 4.99 Å². The third kappa shape index (κ3) is 5.46. The van der Waals surface area contributed by atoms with Crippen LogP contribution in [0.1, 0.15) is 22.9 Å². The second-order valence-electron chi connectivity index (χ2n) is 7.73. The molecule has 0 saturated carbocycles. The fourth-order valence-corrected chi connectivity index (χ4v) is 4.73. The molecule has 30 heavy (non-hydrogen) atoms. The summed E-state index contributed by atoms with van der Waals surface area (Å²) in [5.74, 6) is 2.45. The summed E-state index contributed by atoms with van der Waals surface area (Å²) in [7, 11) is 7.26. The molecule has 1 aromatic heterocycles. The van der Waals surface area contributed by atoms with E-state index < -0.39 is 0 Å². The Morgan fingerprint density at radius 3 is 2.80 bits per heavy atom. The minimum absolute atomic E-state index is 0.453. The molecule has 0 aliphatic carbocycles. The molecule has 1 atom stereocenters. The zero-order valence-electron chi connectivity index (χ0n) is 18.8. The van der Waals surface area contributed by atoms with E-state index in [1.807, 2.05) is 30.5 Å². The maximum absolute atomic E-state index is 5.41. The summed E-state index contributed by atoms with van der Waals surface area (Å²) in [5.41, 5.74) is 2.71. The van der Waals surface area contributed by atoms with Crippen LogP contribution in [-0.4, -0.2) is 69.8 Å². The van der Waals surface area contributed by atoms with E-state index in [1.165, 1.54) is 11.1 Å². The molecule has 164 valence electrons. The van der Waals surface area contributed by atoms with Crippen molar-refractivity contribution in [3.63, 3.8) is 0 Å². The Balaban J connectivity index is 1.48. The summed E-state index contributed by atoms with van der Waals surface area (Å²) in [6.45, 7) is 6.22. The van der Waals surface area contributed by atoms with Crippen molar-refractivity contribution in [1.82, 2.24) is 15.1 Å². The van der Waals surface area contributed by atoms with Gasteiger partial charge in [-0.1, -0.05) is 6.07 Å². The molecular weight excluding hydrogens is 396 g/mol. The van der Waals surface area contributed by atoms with Gasteiger partial charge < -0.3 is 19.7 Å². The maximum atomic E-state index is 5.41. The first kappa shape index (κ1) is 22.4. The van der Waals surface area contributed by atoms with Crippen molar-refractivity contribution in [2.45, 2.75) is 32.4 Å². The Kier molecular flexibility index (Phi) is 7.99. The van der Waals surface area contributed by atoms with Crippen LogP contribution in [0.4, 0.5) is 0 Å². The van der Waals surface area contributed by atoms with E-state index in [1.54, 1.807) is 19.1 Å². The lowest BCUT2D eigenvalue weighted by molar-refractivity contribution is 0.192. The number of likely N-dealkylation sites (N-methyl/N-ethyl adjacent to an activating group) is 1. The molecule has 6 nitrogen and oxygen atoms in total. The minimum Gasteiger partial charge on any atom is -0.493 e. The number of ether oxygens (including phenoxy) is 2. The van der Waals surface area contributed by atoms with Crippen LogP contribution < -0.4 is 14.8 Å². The summed E-state index contributed by atoms with van der Waals surface area (Å²) in [4.78, 5) is 10.8. The van der Waals surface area contributed by atoms with Crippen molar-refractivity contribution < 1.29 is 9.47 Å². The molecule has 2 heterocycles. The first-order valence-corrected chi connectivity index (χ1v) is 11.4. The highest BCUT2D eigenvalue weighted by Crippen LogP contribution is 2.28. The van der Waals surface area contributed by atoms with Gasteiger partial charge in [0.05, 0.1) is 14.2 Å². The van der Waals surface area contributed by atoms with Crippen LogP contribution in [-0.2, 0) is 19.4 Å². The van der Waals surface area contributed by atoms with Gasteiger partial charge in [-0.05, 0) is 54.5 Å². The third-order valence-corrected chi connectivity index (χ3v) is 6.80. The normalized spacial score (nSPS) is 15.4. The Labute approximate surface area is 184 Å². The van der Waals surface area contributed by atoms with Gasteiger partial charge >= 0.3 is 0 Å². The van der Waals surface area contributed by atoms with Crippen molar-refractivity contribution in [3.05, 3.63) is 45.6 Å². The molecule has 0 spiro atoms. The number of fused-ring (bicyclic) bond motifs is 1. The minimum atomic E-state index is 0.453. The number of hydrogen-bond acceptors (Lipinski definition) is 5. The van der Waals surface area contributed by atoms with E-state index in [2.05, 4.69) is 51.6 Å². The third-order valence-electron chi connectivity index (χ3n) is 5.77. The SMILES string of the molecule is CN=C(NCC(C)N1CCc2sccc2C1)N(C)CCc1ccc(OC)c(OC)c1. The zero-order chi connectivity index (χ0) is 21.5. The van der Waals surface area contributed by atoms with Crippen molar-refractivity contribution in [2.75, 3.05) is 47.9 Å². The molecule has 0 radical (unpaired) electrons. The molecule has 1 N–H and O–H groups in total. The first-order valence-electron chi connectivity index (χ1n) is 10.5. The highest BCUT2D eigenvalue weighted by molar-refractivity contribution is 7.10. The Morgan fingerprint density at radius 2 is 2.07 bits per heavy atom. The fourth-order valence-electron chi connectivity index (χ4n) is 3.84. The molecular formula is C23H34N4O2S. The Hall–Kier alpha value is -2.25. The summed E-state index contributed by atoms with van der Waals surface area (Å²) >= 11 is 1.89. The Morgan fingerprint density at radius 1 is 1.27 bits per heavy atom. The van der Waals surface area contributed by atoms with Gasteiger partial charge in [-0.2, -0.15) is 0 Å². The molecule has 7 heteroatoms. The number of nitrogens with one attached hydrogen (secondary N) is 1. The number of guanidine groups is 1. The smallest absolute Gasteiger partial charge is 0.193 e. The average molecular weight is 431 g/mol. The molecule has 0 amide bonds. The molecule has 0 bridgehead atoms. The van der Waals surface area contributed by atoms with Crippen molar-refractivity contribution in [3.8, 4) is 11.5 Å². The second-order valence-corrected chi connectivity index (χ2v) is 8.73. The lowest BCUT2D eigenvalue weighted by atomic mass is 10.1. The average Bonchev–Trinajstić information content (AvgIpc) is 3.25. The van der Waals surface area contributed by atoms with Gasteiger partial charge in [0.25, 0.3) is 0 Å². The predicted octanol–water partition coefficient (Wildman–Crippen LogP) is 3.26. The van der Waals surface area contributed by atoms with Gasteiger partial charge in [0.1, 0.15) is 0 Å². The topological polar surface area (TPSA) is 49.3 Å². The number of rotatable bonds is 8. The largest absolute Gasteiger partial charge is 0.493 e. The zero-order valence-corrected chi connectivity index (χ0v) is 19.6. The van der Waals surface area contributed by atoms with E-state index in [4.69, 9.17) is 9.47 Å². The van der Waals surface area contributed by atoms with Crippen LogP contribution in [0.15, 0.2) is 34.6 Å². The summed E-state index contributed by atoms with van der Waals surface area (Å²) < 4.78 is 10.7. The molecule has 1 aliphatic heterocycles. The van der Waals surface area contributed by atoms with Crippen LogP contribution in [0, 0.1) is 0 Å². The van der Waals surface area contributed by atoms with Crippen LogP contribution in [0.5, 0.6) is 11.5 Å². The van der Waals surface area contributed by atoms with Gasteiger partial charge in [0.2, 0.25) is 0 Å². The predicted molar refractivity (Wildman–Crippen MR) is 125 cm³/mol. The molecule has 3 rings (SSSR count). The van der Waals surface area contributed by atoms with Gasteiger partial charge in [-0.25, -0.2) is 0 Å². The summed E-state index contributed by atoms with van der Waals surface area (Å²) in [5, 5.41) is 5.77. The molecule has 1 aromatic carbocycles. The van der Waals surface area contributed by atoms with Crippen LogP contribution in [0.2, 0.25) is 0 Å². The van der Waals surface area contributed by atoms with Crippen molar-refractivity contribution in [1.29, 1.82) is 0 Å². The number of benzene rings is 1. The summed E-state index contributed by atoms with van der Waals surface area (Å²) in [6.07, 6.45) is 2.07. The number of thiophene rings is 1. The van der Waals surface area contributed by atoms with Gasteiger partial charge in [0, 0.05) is 51.2 Å². The fraction of sp³-hybridized carbons (Fsp3) is 0.522. The summed E-state index contributed by atoms with van der Waals surface area (Å²) in [6, 6.07) is 8.81. The van der Waals surface area contributed by atoms with Crippen LogP contribution in [0.25, 0.3) is 0 Å². The second kappa shape index (κ2) is 10.7. The number of methoxy groups -OCH3 is 2. The van der Waals surface area contributed by atoms with E-state index in [0.717, 1.165) is 56.5 Å². The van der Waals surface area contributed by atoms with E-state index >= 15 is 0 Å². The molecule has 0 saturated heterocycles. The highest BCUT2D eigenvalue weighted by Gasteiger charge is 2.21. The van der Waals surface area contributed by atoms with Crippen molar-refractivity contribution >= 4 is 17.3 Å². The van der Waals surface area contributed by atoms with Gasteiger partial charge in [-0.15, -0.1) is 11.3 Å². The molecule has 0 fully saturated rings. The van der Waals surface area contributed by atoms with E-state index in [0.29, 0.717) is 6.04 Å². The lowest BCUT2D eigenvalue weighted by Crippen LogP contribution is -2.47.